The number of aliphatic hydroxyl groups excluding tert-OH is 1. The van der Waals surface area contributed by atoms with Crippen LogP contribution in [0.2, 0.25) is 0 Å². The van der Waals surface area contributed by atoms with Crippen LogP contribution in [0.4, 0.5) is 0 Å². The number of nitrogens with zero attached hydrogens (tertiary/aromatic N) is 3. The molecule has 1 aromatic heterocycles. The summed E-state index contributed by atoms with van der Waals surface area (Å²) < 4.78 is 0. The van der Waals surface area contributed by atoms with Crippen LogP contribution in [0.15, 0.2) is 41.8 Å². The number of hydrogen-bond donors (Lipinski definition) is 3. The van der Waals surface area contributed by atoms with Gasteiger partial charge in [-0.1, -0.05) is 16.8 Å². The lowest BCUT2D eigenvalue weighted by molar-refractivity contribution is -0.134. The predicted molar refractivity (Wildman–Crippen MR) is 98.7 cm³/mol. The number of β-amino-alcohol motifs (C(OH)–C–C–N with tert-alkyl or cyclic N) is 1. The van der Waals surface area contributed by atoms with Crippen LogP contribution in [-0.4, -0.2) is 74.7 Å². The van der Waals surface area contributed by atoms with Crippen molar-refractivity contribution >= 4 is 28.7 Å². The fourth-order valence-corrected chi connectivity index (χ4v) is 2.34. The van der Waals surface area contributed by atoms with E-state index in [0.29, 0.717) is 24.3 Å². The third-order valence-corrected chi connectivity index (χ3v) is 3.63. The number of oxime groups is 1. The molecule has 0 amide bonds. The van der Waals surface area contributed by atoms with Crippen molar-refractivity contribution in [3.63, 3.8) is 0 Å². The standard InChI is InChI=1S/C13H18ClN3O2.C4H4O4/c14-13(11-4-3-5-15-8-11)16-19-10-12(18)9-17-6-1-2-7-17;5-3(6)1-2-4(7)8/h3-5,8,12,18H,1-2,6-7,9-10H2;1-2H,(H,5,6)(H,7,8)/b;2-1-. The van der Waals surface area contributed by atoms with Crippen LogP contribution < -0.4 is 0 Å². The molecule has 0 bridgehead atoms. The van der Waals surface area contributed by atoms with E-state index in [0.717, 1.165) is 13.1 Å². The number of likely N-dealkylation sites (tertiary alicyclic amines) is 1. The maximum Gasteiger partial charge on any atom is 0.328 e. The number of pyridine rings is 1. The van der Waals surface area contributed by atoms with Crippen LogP contribution >= 0.6 is 11.6 Å². The summed E-state index contributed by atoms with van der Waals surface area (Å²) in [6.07, 6.45) is 6.26. The quantitative estimate of drug-likeness (QED) is 0.337. The highest BCUT2D eigenvalue weighted by Crippen LogP contribution is 2.08. The van der Waals surface area contributed by atoms with Gasteiger partial charge in [0.1, 0.15) is 12.7 Å². The van der Waals surface area contributed by atoms with E-state index in [2.05, 4.69) is 15.0 Å². The minimum atomic E-state index is -1.26. The van der Waals surface area contributed by atoms with E-state index in [9.17, 15) is 14.7 Å². The van der Waals surface area contributed by atoms with Gasteiger partial charge in [0, 0.05) is 36.7 Å². The topological polar surface area (TPSA) is 133 Å². The lowest BCUT2D eigenvalue weighted by atomic mass is 10.3. The van der Waals surface area contributed by atoms with Gasteiger partial charge in [-0.15, -0.1) is 0 Å². The molecule has 1 saturated heterocycles. The van der Waals surface area contributed by atoms with Crippen molar-refractivity contribution in [2.24, 2.45) is 5.16 Å². The smallest absolute Gasteiger partial charge is 0.328 e. The SMILES string of the molecule is O=C(O)/C=C\C(=O)O.OC(CON=C(Cl)c1cccnc1)CN1CCCC1. The molecule has 9 nitrogen and oxygen atoms in total. The number of aromatic nitrogens is 1. The van der Waals surface area contributed by atoms with Crippen molar-refractivity contribution in [2.75, 3.05) is 26.2 Å². The Morgan fingerprint density at radius 2 is 1.93 bits per heavy atom. The summed E-state index contributed by atoms with van der Waals surface area (Å²) in [7, 11) is 0. The Kier molecular flexibility index (Phi) is 10.7. The molecule has 148 valence electrons. The molecule has 27 heavy (non-hydrogen) atoms. The van der Waals surface area contributed by atoms with Crippen LogP contribution in [0.1, 0.15) is 18.4 Å². The van der Waals surface area contributed by atoms with Crippen molar-refractivity contribution in [1.82, 2.24) is 9.88 Å². The Bertz CT molecular complexity index is 631. The molecule has 10 heteroatoms. The molecule has 1 aliphatic heterocycles. The summed E-state index contributed by atoms with van der Waals surface area (Å²) >= 11 is 5.95. The maximum absolute atomic E-state index is 9.80. The highest BCUT2D eigenvalue weighted by Gasteiger charge is 2.16. The first-order valence-electron chi connectivity index (χ1n) is 8.18. The molecule has 1 aliphatic rings. The van der Waals surface area contributed by atoms with Crippen LogP contribution in [0, 0.1) is 0 Å². The fraction of sp³-hybridized carbons (Fsp3) is 0.412. The summed E-state index contributed by atoms with van der Waals surface area (Å²) in [6, 6.07) is 3.57. The van der Waals surface area contributed by atoms with Gasteiger partial charge >= 0.3 is 11.9 Å². The van der Waals surface area contributed by atoms with Crippen LogP contribution in [0.25, 0.3) is 0 Å². The zero-order valence-corrected chi connectivity index (χ0v) is 15.3. The largest absolute Gasteiger partial charge is 0.478 e. The summed E-state index contributed by atoms with van der Waals surface area (Å²) in [5, 5.41) is 29.4. The molecule has 1 unspecified atom stereocenters. The van der Waals surface area contributed by atoms with E-state index < -0.39 is 18.0 Å². The molecule has 0 radical (unpaired) electrons. The zero-order valence-electron chi connectivity index (χ0n) is 14.6. The maximum atomic E-state index is 9.80. The van der Waals surface area contributed by atoms with Crippen LogP contribution in [0.3, 0.4) is 0 Å². The van der Waals surface area contributed by atoms with Crippen molar-refractivity contribution in [1.29, 1.82) is 0 Å². The Hall–Kier alpha value is -2.49. The molecule has 0 spiro atoms. The predicted octanol–water partition coefficient (Wildman–Crippen LogP) is 1.17. The van der Waals surface area contributed by atoms with E-state index >= 15 is 0 Å². The molecule has 0 aliphatic carbocycles. The lowest BCUT2D eigenvalue weighted by Gasteiger charge is -2.18. The van der Waals surface area contributed by atoms with E-state index in [1.807, 2.05) is 0 Å². The highest BCUT2D eigenvalue weighted by atomic mass is 35.5. The van der Waals surface area contributed by atoms with Gasteiger partial charge in [-0.25, -0.2) is 9.59 Å². The minimum absolute atomic E-state index is 0.146. The van der Waals surface area contributed by atoms with Gasteiger partial charge in [0.15, 0.2) is 5.17 Å². The molecular weight excluding hydrogens is 378 g/mol. The molecular formula is C17H22ClN3O6. The Morgan fingerprint density at radius 3 is 2.44 bits per heavy atom. The number of carboxylic acid groups (broad SMARTS) is 2. The summed E-state index contributed by atoms with van der Waals surface area (Å²) in [6.45, 7) is 2.88. The van der Waals surface area contributed by atoms with Crippen molar-refractivity contribution < 1.29 is 29.7 Å². The Labute approximate surface area is 161 Å². The van der Waals surface area contributed by atoms with E-state index in [1.165, 1.54) is 12.8 Å². The fourth-order valence-electron chi connectivity index (χ4n) is 2.18. The van der Waals surface area contributed by atoms with Gasteiger partial charge in [-0.2, -0.15) is 0 Å². The molecule has 1 atom stereocenters. The zero-order chi connectivity index (χ0) is 20.1. The number of carboxylic acids is 2. The third kappa shape index (κ3) is 11.0. The number of rotatable bonds is 8. The second-order valence-corrected chi connectivity index (χ2v) is 5.95. The summed E-state index contributed by atoms with van der Waals surface area (Å²) in [5.41, 5.74) is 0.693. The second-order valence-electron chi connectivity index (χ2n) is 5.59. The van der Waals surface area contributed by atoms with Gasteiger partial charge in [-0.05, 0) is 38.1 Å². The summed E-state index contributed by atoms with van der Waals surface area (Å²) in [4.78, 5) is 30.3. The highest BCUT2D eigenvalue weighted by molar-refractivity contribution is 6.69. The average Bonchev–Trinajstić information content (AvgIpc) is 3.14. The van der Waals surface area contributed by atoms with E-state index in [1.54, 1.807) is 24.5 Å². The average molecular weight is 400 g/mol. The van der Waals surface area contributed by atoms with Crippen molar-refractivity contribution in [3.8, 4) is 0 Å². The van der Waals surface area contributed by atoms with Gasteiger partial charge < -0.3 is 25.1 Å². The first kappa shape index (κ1) is 22.6. The minimum Gasteiger partial charge on any atom is -0.478 e. The first-order chi connectivity index (χ1) is 12.9. The molecule has 2 rings (SSSR count). The molecule has 0 aromatic carbocycles. The van der Waals surface area contributed by atoms with Gasteiger partial charge in [0.05, 0.1) is 0 Å². The molecule has 3 N–H and O–H groups in total. The molecule has 0 saturated carbocycles. The monoisotopic (exact) mass is 399 g/mol. The van der Waals surface area contributed by atoms with Gasteiger partial charge in [-0.3, -0.25) is 4.98 Å². The number of halogens is 1. The number of aliphatic hydroxyl groups is 1. The van der Waals surface area contributed by atoms with Crippen LogP contribution in [0.5, 0.6) is 0 Å². The Balaban J connectivity index is 0.000000387. The van der Waals surface area contributed by atoms with E-state index in [-0.39, 0.29) is 11.8 Å². The molecule has 2 heterocycles. The number of aliphatic carboxylic acids is 2. The molecule has 1 aromatic rings. The Morgan fingerprint density at radius 1 is 1.30 bits per heavy atom. The van der Waals surface area contributed by atoms with Gasteiger partial charge in [0.2, 0.25) is 0 Å². The lowest BCUT2D eigenvalue weighted by Crippen LogP contribution is -2.32. The number of hydrogen-bond acceptors (Lipinski definition) is 7. The molecule has 1 fully saturated rings. The normalized spacial score (nSPS) is 15.9. The first-order valence-corrected chi connectivity index (χ1v) is 8.56. The van der Waals surface area contributed by atoms with Crippen molar-refractivity contribution in [2.45, 2.75) is 18.9 Å². The summed E-state index contributed by atoms with van der Waals surface area (Å²) in [5.74, 6) is -2.51. The second kappa shape index (κ2) is 12.8. The third-order valence-electron chi connectivity index (χ3n) is 3.35. The van der Waals surface area contributed by atoms with Gasteiger partial charge in [0.25, 0.3) is 0 Å². The van der Waals surface area contributed by atoms with E-state index in [4.69, 9.17) is 26.7 Å². The van der Waals surface area contributed by atoms with Crippen molar-refractivity contribution in [3.05, 3.63) is 42.2 Å². The number of carbonyl (C=O) groups is 2. The van der Waals surface area contributed by atoms with Crippen LogP contribution in [-0.2, 0) is 14.4 Å².